The fourth-order valence-corrected chi connectivity index (χ4v) is 3.68. The largest absolute Gasteiger partial charge is 0.385 e. The standard InChI is InChI=1S/C17H26N2/c1-17(2)9-7-14(11-17)19-12-13-8-10-18-16-6-4-3-5-15(13)16/h3-6,13-14,18-19H,7-12H2,1-2H3. The lowest BCUT2D eigenvalue weighted by atomic mass is 9.90. The molecule has 1 aromatic rings. The summed E-state index contributed by atoms with van der Waals surface area (Å²) in [6.45, 7) is 7.04. The zero-order valence-electron chi connectivity index (χ0n) is 12.2. The van der Waals surface area contributed by atoms with Crippen molar-refractivity contribution in [2.45, 2.75) is 51.5 Å². The van der Waals surface area contributed by atoms with E-state index in [1.807, 2.05) is 0 Å². The highest BCUT2D eigenvalue weighted by atomic mass is 14.9. The Morgan fingerprint density at radius 3 is 2.89 bits per heavy atom. The molecule has 1 aliphatic carbocycles. The topological polar surface area (TPSA) is 24.1 Å². The minimum absolute atomic E-state index is 0.545. The molecule has 2 nitrogen and oxygen atoms in total. The first-order valence-electron chi connectivity index (χ1n) is 7.70. The zero-order chi connectivity index (χ0) is 13.3. The van der Waals surface area contributed by atoms with E-state index in [0.717, 1.165) is 19.1 Å². The first-order valence-corrected chi connectivity index (χ1v) is 7.70. The second kappa shape index (κ2) is 5.16. The van der Waals surface area contributed by atoms with Crippen LogP contribution in [0.2, 0.25) is 0 Å². The lowest BCUT2D eigenvalue weighted by Crippen LogP contribution is -2.33. The van der Waals surface area contributed by atoms with Crippen molar-refractivity contribution in [2.24, 2.45) is 5.41 Å². The number of anilines is 1. The molecule has 2 atom stereocenters. The second-order valence-electron chi connectivity index (χ2n) is 7.01. The summed E-state index contributed by atoms with van der Waals surface area (Å²) in [7, 11) is 0. The minimum atomic E-state index is 0.545. The molecule has 3 rings (SSSR count). The third-order valence-corrected chi connectivity index (χ3v) is 4.83. The predicted octanol–water partition coefficient (Wildman–Crippen LogP) is 3.75. The maximum atomic E-state index is 3.82. The van der Waals surface area contributed by atoms with Gasteiger partial charge >= 0.3 is 0 Å². The molecule has 0 spiro atoms. The van der Waals surface area contributed by atoms with E-state index in [-0.39, 0.29) is 0 Å². The summed E-state index contributed by atoms with van der Waals surface area (Å²) in [5.41, 5.74) is 3.38. The molecule has 2 unspecified atom stereocenters. The fraction of sp³-hybridized carbons (Fsp3) is 0.647. The number of fused-ring (bicyclic) bond motifs is 1. The van der Waals surface area contributed by atoms with Crippen molar-refractivity contribution in [3.63, 3.8) is 0 Å². The van der Waals surface area contributed by atoms with Gasteiger partial charge in [0, 0.05) is 30.7 Å². The van der Waals surface area contributed by atoms with E-state index in [1.54, 1.807) is 0 Å². The van der Waals surface area contributed by atoms with Crippen molar-refractivity contribution in [2.75, 3.05) is 18.4 Å². The summed E-state index contributed by atoms with van der Waals surface area (Å²) in [6.07, 6.45) is 5.30. The van der Waals surface area contributed by atoms with Crippen LogP contribution in [0, 0.1) is 5.41 Å². The van der Waals surface area contributed by atoms with Crippen molar-refractivity contribution in [3.05, 3.63) is 29.8 Å². The van der Waals surface area contributed by atoms with Crippen LogP contribution >= 0.6 is 0 Å². The van der Waals surface area contributed by atoms with Crippen molar-refractivity contribution >= 4 is 5.69 Å². The molecule has 104 valence electrons. The number of hydrogen-bond donors (Lipinski definition) is 2. The maximum absolute atomic E-state index is 3.82. The summed E-state index contributed by atoms with van der Waals surface area (Å²) in [4.78, 5) is 0. The van der Waals surface area contributed by atoms with E-state index < -0.39 is 0 Å². The fourth-order valence-electron chi connectivity index (χ4n) is 3.68. The quantitative estimate of drug-likeness (QED) is 0.862. The van der Waals surface area contributed by atoms with E-state index in [1.165, 1.54) is 36.9 Å². The van der Waals surface area contributed by atoms with Gasteiger partial charge in [-0.1, -0.05) is 32.0 Å². The first-order chi connectivity index (χ1) is 9.14. The Bertz CT molecular complexity index is 439. The van der Waals surface area contributed by atoms with E-state index >= 15 is 0 Å². The van der Waals surface area contributed by atoms with Crippen LogP contribution in [0.25, 0.3) is 0 Å². The molecule has 1 saturated carbocycles. The number of nitrogens with one attached hydrogen (secondary N) is 2. The number of rotatable bonds is 3. The molecule has 0 amide bonds. The SMILES string of the molecule is CC1(C)CCC(NCC2CCNc3ccccc32)C1. The van der Waals surface area contributed by atoms with Crippen LogP contribution in [0.15, 0.2) is 24.3 Å². The highest BCUT2D eigenvalue weighted by Crippen LogP contribution is 2.37. The van der Waals surface area contributed by atoms with Crippen LogP contribution < -0.4 is 10.6 Å². The molecular weight excluding hydrogens is 232 g/mol. The van der Waals surface area contributed by atoms with Gasteiger partial charge in [0.2, 0.25) is 0 Å². The van der Waals surface area contributed by atoms with E-state index in [9.17, 15) is 0 Å². The van der Waals surface area contributed by atoms with Crippen LogP contribution in [-0.2, 0) is 0 Å². The van der Waals surface area contributed by atoms with Crippen molar-refractivity contribution < 1.29 is 0 Å². The zero-order valence-corrected chi connectivity index (χ0v) is 12.2. The molecule has 19 heavy (non-hydrogen) atoms. The van der Waals surface area contributed by atoms with Crippen molar-refractivity contribution in [1.29, 1.82) is 0 Å². The molecule has 1 heterocycles. The van der Waals surface area contributed by atoms with E-state index in [2.05, 4.69) is 48.7 Å². The van der Waals surface area contributed by atoms with Crippen molar-refractivity contribution in [3.8, 4) is 0 Å². The molecule has 2 heteroatoms. The monoisotopic (exact) mass is 258 g/mol. The van der Waals surface area contributed by atoms with Gasteiger partial charge in [-0.15, -0.1) is 0 Å². The third kappa shape index (κ3) is 2.94. The normalized spacial score (nSPS) is 28.7. The lowest BCUT2D eigenvalue weighted by molar-refractivity contribution is 0.361. The van der Waals surface area contributed by atoms with Crippen LogP contribution in [0.1, 0.15) is 51.0 Å². The van der Waals surface area contributed by atoms with Gasteiger partial charge in [-0.05, 0) is 42.7 Å². The maximum Gasteiger partial charge on any atom is 0.0376 e. The number of hydrogen-bond acceptors (Lipinski definition) is 2. The lowest BCUT2D eigenvalue weighted by Gasteiger charge is -2.28. The van der Waals surface area contributed by atoms with E-state index in [0.29, 0.717) is 11.3 Å². The Kier molecular flexibility index (Phi) is 3.53. The van der Waals surface area contributed by atoms with Crippen LogP contribution in [-0.4, -0.2) is 19.1 Å². The number of para-hydroxylation sites is 1. The van der Waals surface area contributed by atoms with Gasteiger partial charge < -0.3 is 10.6 Å². The Hall–Kier alpha value is -1.02. The molecular formula is C17H26N2. The van der Waals surface area contributed by atoms with Gasteiger partial charge in [-0.3, -0.25) is 0 Å². The Morgan fingerprint density at radius 1 is 1.26 bits per heavy atom. The van der Waals surface area contributed by atoms with E-state index in [4.69, 9.17) is 0 Å². The van der Waals surface area contributed by atoms with Gasteiger partial charge in [0.15, 0.2) is 0 Å². The molecule has 2 aliphatic rings. The minimum Gasteiger partial charge on any atom is -0.385 e. The molecule has 0 radical (unpaired) electrons. The Labute approximate surface area is 117 Å². The molecule has 1 aromatic carbocycles. The van der Waals surface area contributed by atoms with Gasteiger partial charge in [-0.25, -0.2) is 0 Å². The van der Waals surface area contributed by atoms with Gasteiger partial charge in [-0.2, -0.15) is 0 Å². The predicted molar refractivity (Wildman–Crippen MR) is 81.7 cm³/mol. The highest BCUT2D eigenvalue weighted by molar-refractivity contribution is 5.54. The molecule has 2 N–H and O–H groups in total. The molecule has 0 aromatic heterocycles. The molecule has 1 aliphatic heterocycles. The summed E-state index contributed by atoms with van der Waals surface area (Å²) in [5, 5.41) is 7.33. The number of benzene rings is 1. The smallest absolute Gasteiger partial charge is 0.0376 e. The summed E-state index contributed by atoms with van der Waals surface area (Å²) in [5.74, 6) is 0.682. The molecule has 1 fully saturated rings. The summed E-state index contributed by atoms with van der Waals surface area (Å²) >= 11 is 0. The van der Waals surface area contributed by atoms with Crippen molar-refractivity contribution in [1.82, 2.24) is 5.32 Å². The average molecular weight is 258 g/mol. The Morgan fingerprint density at radius 2 is 2.11 bits per heavy atom. The first kappa shape index (κ1) is 13.0. The van der Waals surface area contributed by atoms with Gasteiger partial charge in [0.25, 0.3) is 0 Å². The second-order valence-corrected chi connectivity index (χ2v) is 7.01. The van der Waals surface area contributed by atoms with Crippen LogP contribution in [0.3, 0.4) is 0 Å². The van der Waals surface area contributed by atoms with Crippen LogP contribution in [0.5, 0.6) is 0 Å². The van der Waals surface area contributed by atoms with Gasteiger partial charge in [0.05, 0.1) is 0 Å². The molecule has 0 saturated heterocycles. The Balaban J connectivity index is 1.60. The molecule has 0 bridgehead atoms. The van der Waals surface area contributed by atoms with Gasteiger partial charge in [0.1, 0.15) is 0 Å². The highest BCUT2D eigenvalue weighted by Gasteiger charge is 2.31. The van der Waals surface area contributed by atoms with Crippen LogP contribution in [0.4, 0.5) is 5.69 Å². The summed E-state index contributed by atoms with van der Waals surface area (Å²) < 4.78 is 0. The summed E-state index contributed by atoms with van der Waals surface area (Å²) in [6, 6.07) is 9.52. The third-order valence-electron chi connectivity index (χ3n) is 4.83. The average Bonchev–Trinajstić information content (AvgIpc) is 2.76.